The molecule has 2 aliphatic heterocycles. The van der Waals surface area contributed by atoms with Crippen molar-refractivity contribution in [1.29, 1.82) is 0 Å². The summed E-state index contributed by atoms with van der Waals surface area (Å²) in [5.74, 6) is 0.207. The van der Waals surface area contributed by atoms with Gasteiger partial charge >= 0.3 is 0 Å². The van der Waals surface area contributed by atoms with Gasteiger partial charge < -0.3 is 10.6 Å². The maximum atomic E-state index is 11.8. The van der Waals surface area contributed by atoms with Crippen LogP contribution < -0.4 is 10.6 Å². The van der Waals surface area contributed by atoms with Crippen molar-refractivity contribution >= 4 is 30.7 Å². The molecular weight excluding hydrogens is 297 g/mol. The van der Waals surface area contributed by atoms with Gasteiger partial charge in [-0.3, -0.25) is 9.69 Å². The second kappa shape index (κ2) is 10.7. The molecule has 0 radical (unpaired) electrons. The molecule has 2 atom stereocenters. The van der Waals surface area contributed by atoms with Gasteiger partial charge in [0.05, 0.1) is 0 Å². The Morgan fingerprint density at radius 1 is 1.25 bits per heavy atom. The van der Waals surface area contributed by atoms with Crippen LogP contribution >= 0.6 is 24.8 Å². The van der Waals surface area contributed by atoms with Crippen LogP contribution in [0.15, 0.2) is 0 Å². The summed E-state index contributed by atoms with van der Waals surface area (Å²) in [6, 6.07) is 1.10. The number of likely N-dealkylation sites (tertiary alicyclic amines) is 1. The highest BCUT2D eigenvalue weighted by Gasteiger charge is 2.19. The maximum Gasteiger partial charge on any atom is 0.221 e. The number of nitrogens with zero attached hydrogens (tertiary/aromatic N) is 1. The summed E-state index contributed by atoms with van der Waals surface area (Å²) in [6.07, 6.45) is 6.98. The zero-order valence-electron chi connectivity index (χ0n) is 12.4. The monoisotopic (exact) mass is 325 g/mol. The highest BCUT2D eigenvalue weighted by molar-refractivity contribution is 5.85. The maximum absolute atomic E-state index is 11.8. The Balaban J connectivity index is 0.00000180. The highest BCUT2D eigenvalue weighted by Crippen LogP contribution is 2.15. The minimum absolute atomic E-state index is 0. The molecule has 120 valence electrons. The van der Waals surface area contributed by atoms with E-state index >= 15 is 0 Å². The minimum Gasteiger partial charge on any atom is -0.355 e. The summed E-state index contributed by atoms with van der Waals surface area (Å²) in [5, 5.41) is 6.42. The number of piperidine rings is 1. The molecule has 0 aliphatic carbocycles. The zero-order valence-corrected chi connectivity index (χ0v) is 14.0. The Morgan fingerprint density at radius 2 is 2.05 bits per heavy atom. The lowest BCUT2D eigenvalue weighted by Gasteiger charge is -2.33. The lowest BCUT2D eigenvalue weighted by atomic mass is 10.0. The first kappa shape index (κ1) is 20.0. The van der Waals surface area contributed by atoms with E-state index in [-0.39, 0.29) is 30.7 Å². The van der Waals surface area contributed by atoms with Crippen molar-refractivity contribution in [2.24, 2.45) is 0 Å². The number of rotatable bonds is 5. The van der Waals surface area contributed by atoms with Gasteiger partial charge in [-0.1, -0.05) is 6.42 Å². The number of carbonyl (C=O) groups excluding carboxylic acids is 1. The van der Waals surface area contributed by atoms with Crippen molar-refractivity contribution in [1.82, 2.24) is 15.5 Å². The molecule has 2 fully saturated rings. The third-order valence-corrected chi connectivity index (χ3v) is 4.26. The summed E-state index contributed by atoms with van der Waals surface area (Å²) in [4.78, 5) is 14.3. The van der Waals surface area contributed by atoms with Crippen LogP contribution in [0, 0.1) is 0 Å². The molecule has 2 aliphatic rings. The van der Waals surface area contributed by atoms with Gasteiger partial charge in [0.1, 0.15) is 0 Å². The first-order valence-corrected chi connectivity index (χ1v) is 7.50. The van der Waals surface area contributed by atoms with E-state index in [4.69, 9.17) is 0 Å². The zero-order chi connectivity index (χ0) is 12.8. The highest BCUT2D eigenvalue weighted by atomic mass is 35.5. The Kier molecular flexibility index (Phi) is 10.6. The number of nitrogens with one attached hydrogen (secondary N) is 2. The van der Waals surface area contributed by atoms with Gasteiger partial charge in [0.15, 0.2) is 0 Å². The van der Waals surface area contributed by atoms with E-state index in [0.29, 0.717) is 18.5 Å². The molecule has 0 aromatic heterocycles. The molecule has 1 amide bonds. The molecule has 2 heterocycles. The van der Waals surface area contributed by atoms with Crippen LogP contribution in [0.1, 0.15) is 45.4 Å². The van der Waals surface area contributed by atoms with Crippen LogP contribution in [0.5, 0.6) is 0 Å². The number of hydrogen-bond acceptors (Lipinski definition) is 3. The lowest BCUT2D eigenvalue weighted by Crippen LogP contribution is -2.43. The average Bonchev–Trinajstić information content (AvgIpc) is 2.84. The number of carbonyl (C=O) groups is 1. The normalized spacial score (nSPS) is 26.4. The molecule has 4 nitrogen and oxygen atoms in total. The third kappa shape index (κ3) is 6.61. The summed E-state index contributed by atoms with van der Waals surface area (Å²) >= 11 is 0. The van der Waals surface area contributed by atoms with Gasteiger partial charge in [0, 0.05) is 31.6 Å². The van der Waals surface area contributed by atoms with Crippen molar-refractivity contribution < 1.29 is 4.79 Å². The van der Waals surface area contributed by atoms with E-state index in [1.165, 1.54) is 32.2 Å². The quantitative estimate of drug-likeness (QED) is 0.812. The topological polar surface area (TPSA) is 44.4 Å². The van der Waals surface area contributed by atoms with Gasteiger partial charge in [-0.25, -0.2) is 0 Å². The third-order valence-electron chi connectivity index (χ3n) is 4.26. The summed E-state index contributed by atoms with van der Waals surface area (Å²) in [7, 11) is 0. The molecule has 20 heavy (non-hydrogen) atoms. The molecule has 2 N–H and O–H groups in total. The van der Waals surface area contributed by atoms with Crippen molar-refractivity contribution in [3.05, 3.63) is 0 Å². The van der Waals surface area contributed by atoms with Gasteiger partial charge in [0.2, 0.25) is 5.91 Å². The van der Waals surface area contributed by atoms with Crippen LogP contribution in [-0.2, 0) is 4.79 Å². The first-order valence-electron chi connectivity index (χ1n) is 7.50. The Bertz CT molecular complexity index is 273. The smallest absolute Gasteiger partial charge is 0.221 e. The summed E-state index contributed by atoms with van der Waals surface area (Å²) in [6.45, 7) is 6.37. The van der Waals surface area contributed by atoms with Crippen LogP contribution in [0.25, 0.3) is 0 Å². The Morgan fingerprint density at radius 3 is 2.70 bits per heavy atom. The van der Waals surface area contributed by atoms with Gasteiger partial charge in [0.25, 0.3) is 0 Å². The van der Waals surface area contributed by atoms with Crippen LogP contribution in [0.3, 0.4) is 0 Å². The second-order valence-electron chi connectivity index (χ2n) is 5.73. The molecule has 0 saturated carbocycles. The van der Waals surface area contributed by atoms with E-state index in [0.717, 1.165) is 26.1 Å². The standard InChI is InChI=1S/C14H27N3O.2ClH/c1-12-5-2-3-9-17(12)10-8-16-14(18)11-13-6-4-7-15-13;;/h12-13,15H,2-11H2,1H3,(H,16,18);2*1H. The second-order valence-corrected chi connectivity index (χ2v) is 5.73. The predicted octanol–water partition coefficient (Wildman–Crippen LogP) is 1.96. The van der Waals surface area contributed by atoms with Crippen molar-refractivity contribution in [3.8, 4) is 0 Å². The van der Waals surface area contributed by atoms with Gasteiger partial charge in [-0.05, 0) is 45.7 Å². The number of amides is 1. The molecule has 0 aromatic rings. The molecule has 2 rings (SSSR count). The summed E-state index contributed by atoms with van der Waals surface area (Å²) < 4.78 is 0. The van der Waals surface area contributed by atoms with Crippen molar-refractivity contribution in [2.75, 3.05) is 26.2 Å². The minimum atomic E-state index is 0. The van der Waals surface area contributed by atoms with Gasteiger partial charge in [-0.2, -0.15) is 0 Å². The molecule has 2 saturated heterocycles. The number of halogens is 2. The Labute approximate surface area is 135 Å². The van der Waals surface area contributed by atoms with Gasteiger partial charge in [-0.15, -0.1) is 24.8 Å². The average molecular weight is 326 g/mol. The van der Waals surface area contributed by atoms with E-state index in [9.17, 15) is 4.79 Å². The van der Waals surface area contributed by atoms with E-state index in [2.05, 4.69) is 22.5 Å². The fourth-order valence-electron chi connectivity index (χ4n) is 3.06. The van der Waals surface area contributed by atoms with Crippen LogP contribution in [0.2, 0.25) is 0 Å². The van der Waals surface area contributed by atoms with Crippen LogP contribution in [-0.4, -0.2) is 49.1 Å². The molecule has 6 heteroatoms. The molecule has 0 aromatic carbocycles. The van der Waals surface area contributed by atoms with Crippen molar-refractivity contribution in [2.45, 2.75) is 57.5 Å². The fraction of sp³-hybridized carbons (Fsp3) is 0.929. The first-order chi connectivity index (χ1) is 8.75. The fourth-order valence-corrected chi connectivity index (χ4v) is 3.06. The Hall–Kier alpha value is -0.0300. The molecule has 0 bridgehead atoms. The largest absolute Gasteiger partial charge is 0.355 e. The SMILES string of the molecule is CC1CCCCN1CCNC(=O)CC1CCCN1.Cl.Cl. The molecule has 0 spiro atoms. The van der Waals surface area contributed by atoms with E-state index in [1.807, 2.05) is 0 Å². The molecule has 2 unspecified atom stereocenters. The number of hydrogen-bond donors (Lipinski definition) is 2. The van der Waals surface area contributed by atoms with E-state index in [1.54, 1.807) is 0 Å². The summed E-state index contributed by atoms with van der Waals surface area (Å²) in [5.41, 5.74) is 0. The van der Waals surface area contributed by atoms with Crippen molar-refractivity contribution in [3.63, 3.8) is 0 Å². The van der Waals surface area contributed by atoms with Crippen LogP contribution in [0.4, 0.5) is 0 Å². The lowest BCUT2D eigenvalue weighted by molar-refractivity contribution is -0.121. The molecular formula is C14H29Cl2N3O. The van der Waals surface area contributed by atoms with E-state index < -0.39 is 0 Å². The predicted molar refractivity (Wildman–Crippen MR) is 88.0 cm³/mol.